The first kappa shape index (κ1) is 14.9. The Labute approximate surface area is 95.0 Å². The highest BCUT2D eigenvalue weighted by atomic mass is 16.5. The van der Waals surface area contributed by atoms with Crippen LogP contribution in [0.4, 0.5) is 0 Å². The van der Waals surface area contributed by atoms with E-state index >= 15 is 0 Å². The maximum absolute atomic E-state index is 11.6. The molecule has 0 saturated carbocycles. The molecule has 6 nitrogen and oxygen atoms in total. The second kappa shape index (κ2) is 8.06. The summed E-state index contributed by atoms with van der Waals surface area (Å²) < 4.78 is 0. The third-order valence-corrected chi connectivity index (χ3v) is 2.09. The Bertz CT molecular complexity index is 231. The van der Waals surface area contributed by atoms with E-state index in [0.717, 1.165) is 0 Å². The van der Waals surface area contributed by atoms with Gasteiger partial charge in [0.25, 0.3) is 0 Å². The van der Waals surface area contributed by atoms with Crippen LogP contribution < -0.4 is 10.8 Å². The summed E-state index contributed by atoms with van der Waals surface area (Å²) >= 11 is 0. The molecule has 0 aromatic rings. The van der Waals surface area contributed by atoms with Gasteiger partial charge in [-0.25, -0.2) is 5.48 Å². The summed E-state index contributed by atoms with van der Waals surface area (Å²) in [7, 11) is 0. The van der Waals surface area contributed by atoms with Gasteiger partial charge in [0.1, 0.15) is 0 Å². The van der Waals surface area contributed by atoms with Gasteiger partial charge < -0.3 is 10.4 Å². The predicted octanol–water partition coefficient (Wildman–Crippen LogP) is -0.347. The maximum atomic E-state index is 11.6. The Morgan fingerprint density at radius 1 is 1.31 bits per heavy atom. The zero-order chi connectivity index (χ0) is 12.6. The standard InChI is InChI=1S/C10H20N2O4/c1-7(2)5-8(6-9(14)12-16)10(15)11-3-4-13/h7-8,13,16H,3-6H2,1-2H3,(H,11,15)(H,12,14)/t8-/m1/s1. The van der Waals surface area contributed by atoms with E-state index in [4.69, 9.17) is 10.3 Å². The topological polar surface area (TPSA) is 98.7 Å². The van der Waals surface area contributed by atoms with Crippen LogP contribution in [0.1, 0.15) is 26.7 Å². The minimum atomic E-state index is -0.579. The van der Waals surface area contributed by atoms with Gasteiger partial charge in [0.2, 0.25) is 11.8 Å². The van der Waals surface area contributed by atoms with Crippen molar-refractivity contribution in [2.75, 3.05) is 13.2 Å². The van der Waals surface area contributed by atoms with E-state index in [-0.39, 0.29) is 31.4 Å². The van der Waals surface area contributed by atoms with Crippen LogP contribution in [0.15, 0.2) is 0 Å². The normalized spacial score (nSPS) is 12.3. The van der Waals surface area contributed by atoms with Crippen LogP contribution in [0.3, 0.4) is 0 Å². The SMILES string of the molecule is CC(C)C[C@H](CC(=O)NO)C(=O)NCCO. The van der Waals surface area contributed by atoms with Crippen molar-refractivity contribution >= 4 is 11.8 Å². The van der Waals surface area contributed by atoms with E-state index in [1.807, 2.05) is 13.8 Å². The van der Waals surface area contributed by atoms with Crippen molar-refractivity contribution in [3.05, 3.63) is 0 Å². The van der Waals surface area contributed by atoms with Crippen molar-refractivity contribution in [3.8, 4) is 0 Å². The first-order chi connectivity index (χ1) is 7.51. The summed E-state index contributed by atoms with van der Waals surface area (Å²) in [6.07, 6.45) is 0.511. The molecule has 6 heteroatoms. The van der Waals surface area contributed by atoms with E-state index in [1.54, 1.807) is 0 Å². The number of hydroxylamine groups is 1. The van der Waals surface area contributed by atoms with Gasteiger partial charge in [0.15, 0.2) is 0 Å². The van der Waals surface area contributed by atoms with Gasteiger partial charge in [0, 0.05) is 18.9 Å². The lowest BCUT2D eigenvalue weighted by Gasteiger charge is -2.17. The summed E-state index contributed by atoms with van der Waals surface area (Å²) in [5, 5.41) is 19.5. The number of rotatable bonds is 7. The molecular formula is C10H20N2O4. The molecule has 0 rings (SSSR count). The maximum Gasteiger partial charge on any atom is 0.244 e. The van der Waals surface area contributed by atoms with E-state index in [2.05, 4.69) is 5.32 Å². The van der Waals surface area contributed by atoms with Gasteiger partial charge in [0.05, 0.1) is 6.61 Å². The minimum Gasteiger partial charge on any atom is -0.395 e. The molecule has 0 saturated heterocycles. The largest absolute Gasteiger partial charge is 0.395 e. The monoisotopic (exact) mass is 232 g/mol. The molecule has 1 atom stereocenters. The molecule has 0 radical (unpaired) electrons. The molecule has 2 amide bonds. The van der Waals surface area contributed by atoms with Crippen molar-refractivity contribution in [3.63, 3.8) is 0 Å². The quantitative estimate of drug-likeness (QED) is 0.356. The number of hydrogen-bond donors (Lipinski definition) is 4. The molecule has 0 aromatic carbocycles. The average Bonchev–Trinajstić information content (AvgIpc) is 2.24. The van der Waals surface area contributed by atoms with Crippen molar-refractivity contribution < 1.29 is 19.9 Å². The van der Waals surface area contributed by atoms with Crippen molar-refractivity contribution in [2.24, 2.45) is 11.8 Å². The van der Waals surface area contributed by atoms with Crippen LogP contribution >= 0.6 is 0 Å². The molecular weight excluding hydrogens is 212 g/mol. The van der Waals surface area contributed by atoms with Crippen LogP contribution in [-0.2, 0) is 9.59 Å². The smallest absolute Gasteiger partial charge is 0.244 e. The Morgan fingerprint density at radius 2 is 1.94 bits per heavy atom. The molecule has 0 heterocycles. The first-order valence-electron chi connectivity index (χ1n) is 5.32. The number of carbonyl (C=O) groups excluding carboxylic acids is 2. The zero-order valence-corrected chi connectivity index (χ0v) is 9.69. The summed E-state index contributed by atoms with van der Waals surface area (Å²) in [6, 6.07) is 0. The molecule has 0 aliphatic carbocycles. The Morgan fingerprint density at radius 3 is 2.38 bits per heavy atom. The van der Waals surface area contributed by atoms with E-state index in [0.29, 0.717) is 6.42 Å². The second-order valence-corrected chi connectivity index (χ2v) is 4.08. The third-order valence-electron chi connectivity index (χ3n) is 2.09. The van der Waals surface area contributed by atoms with Gasteiger partial charge in [-0.3, -0.25) is 14.8 Å². The van der Waals surface area contributed by atoms with Crippen molar-refractivity contribution in [2.45, 2.75) is 26.7 Å². The first-order valence-corrected chi connectivity index (χ1v) is 5.32. The van der Waals surface area contributed by atoms with Gasteiger partial charge in [-0.15, -0.1) is 0 Å². The number of aliphatic hydroxyl groups is 1. The highest BCUT2D eigenvalue weighted by Gasteiger charge is 2.22. The minimum absolute atomic E-state index is 0.0497. The molecule has 0 unspecified atom stereocenters. The molecule has 0 aromatic heterocycles. The van der Waals surface area contributed by atoms with Crippen LogP contribution in [-0.4, -0.2) is 35.3 Å². The number of hydrogen-bond acceptors (Lipinski definition) is 4. The Kier molecular flexibility index (Phi) is 7.49. The van der Waals surface area contributed by atoms with Crippen LogP contribution in [0.25, 0.3) is 0 Å². The predicted molar refractivity (Wildman–Crippen MR) is 57.6 cm³/mol. The number of nitrogens with one attached hydrogen (secondary N) is 2. The fourth-order valence-electron chi connectivity index (χ4n) is 1.44. The number of carbonyl (C=O) groups is 2. The van der Waals surface area contributed by atoms with E-state index in [1.165, 1.54) is 5.48 Å². The fourth-order valence-corrected chi connectivity index (χ4v) is 1.44. The third kappa shape index (κ3) is 6.36. The van der Waals surface area contributed by atoms with Crippen molar-refractivity contribution in [1.82, 2.24) is 10.8 Å². The molecule has 0 fully saturated rings. The summed E-state index contributed by atoms with van der Waals surface area (Å²) in [4.78, 5) is 22.6. The lowest BCUT2D eigenvalue weighted by Crippen LogP contribution is -2.36. The molecule has 4 N–H and O–H groups in total. The van der Waals surface area contributed by atoms with Crippen LogP contribution in [0.5, 0.6) is 0 Å². The van der Waals surface area contributed by atoms with Crippen LogP contribution in [0.2, 0.25) is 0 Å². The van der Waals surface area contributed by atoms with Gasteiger partial charge in [-0.05, 0) is 12.3 Å². The second-order valence-electron chi connectivity index (χ2n) is 4.08. The lowest BCUT2D eigenvalue weighted by atomic mass is 9.93. The molecule has 0 spiro atoms. The van der Waals surface area contributed by atoms with Crippen LogP contribution in [0, 0.1) is 11.8 Å². The van der Waals surface area contributed by atoms with Gasteiger partial charge in [-0.2, -0.15) is 0 Å². The zero-order valence-electron chi connectivity index (χ0n) is 9.69. The average molecular weight is 232 g/mol. The number of aliphatic hydroxyl groups excluding tert-OH is 1. The summed E-state index contributed by atoms with van der Waals surface area (Å²) in [5.41, 5.74) is 1.51. The fraction of sp³-hybridized carbons (Fsp3) is 0.800. The number of amides is 2. The Hall–Kier alpha value is -1.14. The summed E-state index contributed by atoms with van der Waals surface area (Å²) in [6.45, 7) is 3.94. The van der Waals surface area contributed by atoms with E-state index in [9.17, 15) is 9.59 Å². The van der Waals surface area contributed by atoms with Crippen molar-refractivity contribution in [1.29, 1.82) is 0 Å². The lowest BCUT2D eigenvalue weighted by molar-refractivity contribution is -0.135. The molecule has 94 valence electrons. The Balaban J connectivity index is 4.28. The molecule has 16 heavy (non-hydrogen) atoms. The molecule has 0 aliphatic heterocycles. The molecule has 0 aliphatic rings. The highest BCUT2D eigenvalue weighted by Crippen LogP contribution is 2.15. The van der Waals surface area contributed by atoms with E-state index < -0.39 is 11.8 Å². The highest BCUT2D eigenvalue weighted by molar-refractivity contribution is 5.85. The molecule has 0 bridgehead atoms. The summed E-state index contributed by atoms with van der Waals surface area (Å²) in [5.74, 6) is -1.05. The van der Waals surface area contributed by atoms with Gasteiger partial charge >= 0.3 is 0 Å². The van der Waals surface area contributed by atoms with Gasteiger partial charge in [-0.1, -0.05) is 13.8 Å².